The van der Waals surface area contributed by atoms with Gasteiger partial charge in [0.1, 0.15) is 6.04 Å². The van der Waals surface area contributed by atoms with Gasteiger partial charge in [-0.15, -0.1) is 0 Å². The number of hydrogen-bond donors (Lipinski definition) is 2. The molecule has 1 atom stereocenters. The van der Waals surface area contributed by atoms with E-state index in [1.165, 1.54) is 0 Å². The highest BCUT2D eigenvalue weighted by molar-refractivity contribution is 7.98. The Hall–Kier alpha value is 0.546. The van der Waals surface area contributed by atoms with Crippen LogP contribution in [0, 0.1) is 0 Å². The van der Waals surface area contributed by atoms with Gasteiger partial charge in [-0.2, -0.15) is 11.8 Å². The zero-order chi connectivity index (χ0) is 7.28. The van der Waals surface area contributed by atoms with E-state index in [1.54, 1.807) is 11.8 Å². The molecule has 0 fully saturated rings. The molecule has 10 heavy (non-hydrogen) atoms. The van der Waals surface area contributed by atoms with Gasteiger partial charge in [0.15, 0.2) is 0 Å². The van der Waals surface area contributed by atoms with Gasteiger partial charge in [0.25, 0.3) is 0 Å². The first-order valence-corrected chi connectivity index (χ1v) is 4.05. The van der Waals surface area contributed by atoms with Crippen LogP contribution in [0.4, 0.5) is 0 Å². The fraction of sp³-hybridized carbons (Fsp3) is 0.800. The van der Waals surface area contributed by atoms with E-state index in [-0.39, 0.29) is 23.1 Å². The van der Waals surface area contributed by atoms with Crippen molar-refractivity contribution in [2.24, 2.45) is 5.73 Å². The molecule has 0 heterocycles. The summed E-state index contributed by atoms with van der Waals surface area (Å²) in [7, 11) is 0. The van der Waals surface area contributed by atoms with Crippen molar-refractivity contribution in [1.29, 1.82) is 0 Å². The van der Waals surface area contributed by atoms with Crippen LogP contribution in [-0.2, 0) is 4.79 Å². The molecule has 0 bridgehead atoms. The lowest BCUT2D eigenvalue weighted by Gasteiger charge is -2.02. The Morgan fingerprint density at radius 2 is 2.30 bits per heavy atom. The SMILES string of the molecule is CSCC[C@H](N)C(=O)O.[Mg]. The lowest BCUT2D eigenvalue weighted by Crippen LogP contribution is -2.30. The number of aliphatic carboxylic acids is 1. The van der Waals surface area contributed by atoms with Gasteiger partial charge < -0.3 is 10.8 Å². The topological polar surface area (TPSA) is 63.3 Å². The first-order valence-electron chi connectivity index (χ1n) is 2.65. The number of carboxylic acids is 1. The van der Waals surface area contributed by atoms with Gasteiger partial charge in [0, 0.05) is 23.1 Å². The van der Waals surface area contributed by atoms with Crippen molar-refractivity contribution >= 4 is 40.8 Å². The van der Waals surface area contributed by atoms with Crippen molar-refractivity contribution in [3.63, 3.8) is 0 Å². The lowest BCUT2D eigenvalue weighted by molar-refractivity contribution is -0.138. The fourth-order valence-corrected chi connectivity index (χ4v) is 0.858. The summed E-state index contributed by atoms with van der Waals surface area (Å²) in [5.41, 5.74) is 5.19. The third-order valence-electron chi connectivity index (χ3n) is 0.950. The van der Waals surface area contributed by atoms with E-state index in [4.69, 9.17) is 10.8 Å². The van der Waals surface area contributed by atoms with Gasteiger partial charge in [-0.1, -0.05) is 0 Å². The molecule has 0 aliphatic carbocycles. The van der Waals surface area contributed by atoms with Crippen molar-refractivity contribution in [3.05, 3.63) is 0 Å². The summed E-state index contributed by atoms with van der Waals surface area (Å²) in [5.74, 6) is -0.1000. The predicted molar refractivity (Wildman–Crippen MR) is 44.4 cm³/mol. The van der Waals surface area contributed by atoms with E-state index >= 15 is 0 Å². The number of nitrogens with two attached hydrogens (primary N) is 1. The van der Waals surface area contributed by atoms with Gasteiger partial charge in [0.05, 0.1) is 0 Å². The standard InChI is InChI=1S/C5H11NO2S.Mg/c1-9-3-2-4(6)5(7)8;/h4H,2-3,6H2,1H3,(H,7,8);/t4-;/m0./s1. The second kappa shape index (κ2) is 7.65. The molecule has 0 spiro atoms. The van der Waals surface area contributed by atoms with Crippen LogP contribution >= 0.6 is 11.8 Å². The van der Waals surface area contributed by atoms with E-state index in [2.05, 4.69) is 0 Å². The highest BCUT2D eigenvalue weighted by atomic mass is 32.2. The number of hydrogen-bond acceptors (Lipinski definition) is 3. The summed E-state index contributed by atoms with van der Waals surface area (Å²) >= 11 is 1.60. The Balaban J connectivity index is 0. The first kappa shape index (κ1) is 13.2. The maximum absolute atomic E-state index is 10.1. The van der Waals surface area contributed by atoms with Gasteiger partial charge >= 0.3 is 5.97 Å². The summed E-state index contributed by atoms with van der Waals surface area (Å²) in [6.07, 6.45) is 2.48. The van der Waals surface area contributed by atoms with Crippen molar-refractivity contribution in [3.8, 4) is 0 Å². The third kappa shape index (κ3) is 6.66. The van der Waals surface area contributed by atoms with E-state index in [9.17, 15) is 4.79 Å². The van der Waals surface area contributed by atoms with E-state index < -0.39 is 12.0 Å². The van der Waals surface area contributed by atoms with Crippen LogP contribution in [0.5, 0.6) is 0 Å². The van der Waals surface area contributed by atoms with E-state index in [1.807, 2.05) is 6.26 Å². The Morgan fingerprint density at radius 3 is 2.60 bits per heavy atom. The van der Waals surface area contributed by atoms with Crippen molar-refractivity contribution in [1.82, 2.24) is 0 Å². The van der Waals surface area contributed by atoms with Crippen LogP contribution in [0.3, 0.4) is 0 Å². The molecule has 0 saturated carbocycles. The summed E-state index contributed by atoms with van der Waals surface area (Å²) in [4.78, 5) is 10.1. The average Bonchev–Trinajstić information content (AvgIpc) is 1.82. The summed E-state index contributed by atoms with van der Waals surface area (Å²) in [6.45, 7) is 0. The molecular formula is C5H11MgNO2S. The highest BCUT2D eigenvalue weighted by Crippen LogP contribution is 1.97. The van der Waals surface area contributed by atoms with Crippen molar-refractivity contribution in [2.45, 2.75) is 12.5 Å². The molecular weight excluding hydrogens is 162 g/mol. The van der Waals surface area contributed by atoms with Gasteiger partial charge in [0.2, 0.25) is 0 Å². The second-order valence-corrected chi connectivity index (χ2v) is 2.71. The van der Waals surface area contributed by atoms with Crippen LogP contribution in [-0.4, -0.2) is 52.2 Å². The fourth-order valence-electron chi connectivity index (χ4n) is 0.368. The van der Waals surface area contributed by atoms with Crippen LogP contribution in [0.15, 0.2) is 0 Å². The van der Waals surface area contributed by atoms with Gasteiger partial charge in [-0.05, 0) is 18.4 Å². The Labute approximate surface area is 80.9 Å². The largest absolute Gasteiger partial charge is 0.480 e. The second-order valence-electron chi connectivity index (χ2n) is 1.73. The molecule has 2 radical (unpaired) electrons. The molecule has 0 aromatic heterocycles. The van der Waals surface area contributed by atoms with E-state index in [0.29, 0.717) is 6.42 Å². The molecule has 0 aliphatic heterocycles. The van der Waals surface area contributed by atoms with Crippen molar-refractivity contribution in [2.75, 3.05) is 12.0 Å². The number of carbonyl (C=O) groups is 1. The van der Waals surface area contributed by atoms with Gasteiger partial charge in [-0.25, -0.2) is 0 Å². The molecule has 0 rings (SSSR count). The third-order valence-corrected chi connectivity index (χ3v) is 1.59. The summed E-state index contributed by atoms with van der Waals surface area (Å²) in [6, 6.07) is -0.683. The van der Waals surface area contributed by atoms with Crippen LogP contribution in [0.25, 0.3) is 0 Å². The molecule has 0 saturated heterocycles. The first-order chi connectivity index (χ1) is 4.18. The van der Waals surface area contributed by atoms with E-state index in [0.717, 1.165) is 5.75 Å². The summed E-state index contributed by atoms with van der Waals surface area (Å²) in [5, 5.41) is 8.27. The smallest absolute Gasteiger partial charge is 0.320 e. The Morgan fingerprint density at radius 1 is 1.80 bits per heavy atom. The number of rotatable bonds is 4. The highest BCUT2D eigenvalue weighted by Gasteiger charge is 2.08. The maximum atomic E-state index is 10.1. The molecule has 0 aromatic rings. The molecule has 56 valence electrons. The lowest BCUT2D eigenvalue weighted by atomic mass is 10.2. The summed E-state index contributed by atoms with van der Waals surface area (Å²) < 4.78 is 0. The number of thioether (sulfide) groups is 1. The minimum absolute atomic E-state index is 0. The monoisotopic (exact) mass is 173 g/mol. The molecule has 0 aliphatic rings. The zero-order valence-electron chi connectivity index (χ0n) is 6.04. The quantitative estimate of drug-likeness (QED) is 0.577. The zero-order valence-corrected chi connectivity index (χ0v) is 8.27. The Kier molecular flexibility index (Phi) is 10.1. The average molecular weight is 174 g/mol. The molecule has 0 unspecified atom stereocenters. The molecule has 0 amide bonds. The van der Waals surface area contributed by atoms with Crippen LogP contribution in [0.2, 0.25) is 0 Å². The predicted octanol–water partition coefficient (Wildman–Crippen LogP) is -0.229. The minimum atomic E-state index is -0.913. The molecule has 3 N–H and O–H groups in total. The molecule has 0 aromatic carbocycles. The Bertz CT molecular complexity index is 102. The van der Waals surface area contributed by atoms with Crippen molar-refractivity contribution < 1.29 is 9.90 Å². The van der Waals surface area contributed by atoms with Crippen LogP contribution < -0.4 is 5.73 Å². The molecule has 3 nitrogen and oxygen atoms in total. The molecule has 5 heteroatoms. The number of carboxylic acid groups (broad SMARTS) is 1. The normalized spacial score (nSPS) is 11.8. The maximum Gasteiger partial charge on any atom is 0.320 e. The van der Waals surface area contributed by atoms with Gasteiger partial charge in [-0.3, -0.25) is 4.79 Å². The minimum Gasteiger partial charge on any atom is -0.480 e. The van der Waals surface area contributed by atoms with Crippen LogP contribution in [0.1, 0.15) is 6.42 Å².